The van der Waals surface area contributed by atoms with Crippen molar-refractivity contribution in [2.45, 2.75) is 12.6 Å². The molecule has 0 aliphatic heterocycles. The smallest absolute Gasteiger partial charge is 0.396 e. The molecule has 0 atom stereocenters. The van der Waals surface area contributed by atoms with Gasteiger partial charge in [-0.25, -0.2) is 9.97 Å². The Morgan fingerprint density at radius 3 is 2.64 bits per heavy atom. The summed E-state index contributed by atoms with van der Waals surface area (Å²) in [6.45, 7) is 0.374. The predicted molar refractivity (Wildman–Crippen MR) is 119 cm³/mol. The van der Waals surface area contributed by atoms with Crippen molar-refractivity contribution < 1.29 is 18.3 Å². The molecule has 0 amide bonds. The van der Waals surface area contributed by atoms with Crippen LogP contribution in [0, 0.1) is 0 Å². The minimum atomic E-state index is -4.49. The maximum atomic E-state index is 13.3. The zero-order chi connectivity index (χ0) is 23.0. The number of rotatable bonds is 6. The van der Waals surface area contributed by atoms with Crippen LogP contribution in [0.15, 0.2) is 60.8 Å². The van der Waals surface area contributed by atoms with Crippen LogP contribution in [0.25, 0.3) is 39.3 Å². The van der Waals surface area contributed by atoms with E-state index in [1.165, 1.54) is 6.07 Å². The van der Waals surface area contributed by atoms with Crippen LogP contribution >= 0.6 is 0 Å². The molecule has 3 heterocycles. The van der Waals surface area contributed by atoms with E-state index >= 15 is 0 Å². The van der Waals surface area contributed by atoms with Crippen LogP contribution in [0.1, 0.15) is 12.0 Å². The van der Waals surface area contributed by atoms with Crippen LogP contribution in [-0.2, 0) is 6.18 Å². The van der Waals surface area contributed by atoms with Crippen molar-refractivity contribution in [3.8, 4) is 22.6 Å². The number of aliphatic hydroxyl groups excluding tert-OH is 1. The highest BCUT2D eigenvalue weighted by Crippen LogP contribution is 2.34. The normalized spacial score (nSPS) is 12.0. The van der Waals surface area contributed by atoms with Crippen LogP contribution in [-0.4, -0.2) is 42.8 Å². The first-order valence-electron chi connectivity index (χ1n) is 10.3. The molecule has 7 nitrogen and oxygen atoms in total. The highest BCUT2D eigenvalue weighted by Gasteiger charge is 2.31. The minimum Gasteiger partial charge on any atom is -0.396 e. The highest BCUT2D eigenvalue weighted by atomic mass is 19.4. The van der Waals surface area contributed by atoms with Gasteiger partial charge in [0.05, 0.1) is 39.9 Å². The van der Waals surface area contributed by atoms with Gasteiger partial charge >= 0.3 is 6.18 Å². The van der Waals surface area contributed by atoms with Gasteiger partial charge in [-0.1, -0.05) is 30.3 Å². The Labute approximate surface area is 185 Å². The van der Waals surface area contributed by atoms with E-state index in [1.54, 1.807) is 10.6 Å². The number of aromatic amines is 1. The molecule has 0 unspecified atom stereocenters. The molecule has 5 rings (SSSR count). The first kappa shape index (κ1) is 21.0. The Morgan fingerprint density at radius 1 is 1.06 bits per heavy atom. The lowest BCUT2D eigenvalue weighted by Crippen LogP contribution is -2.09. The molecule has 0 fully saturated rings. The van der Waals surface area contributed by atoms with E-state index in [9.17, 15) is 13.2 Å². The van der Waals surface area contributed by atoms with Crippen LogP contribution in [0.4, 0.5) is 19.0 Å². The van der Waals surface area contributed by atoms with Gasteiger partial charge in [0.15, 0.2) is 11.5 Å². The lowest BCUT2D eigenvalue weighted by molar-refractivity contribution is -0.137. The summed E-state index contributed by atoms with van der Waals surface area (Å²) in [5.41, 5.74) is 3.30. The van der Waals surface area contributed by atoms with Crippen LogP contribution < -0.4 is 5.32 Å². The summed E-state index contributed by atoms with van der Waals surface area (Å²) >= 11 is 0. The monoisotopic (exact) mass is 452 g/mol. The fourth-order valence-corrected chi connectivity index (χ4v) is 3.72. The number of H-pyrrole nitrogens is 1. The number of alkyl halides is 3. The van der Waals surface area contributed by atoms with Gasteiger partial charge in [0, 0.05) is 18.7 Å². The lowest BCUT2D eigenvalue weighted by atomic mass is 10.1. The van der Waals surface area contributed by atoms with Crippen molar-refractivity contribution in [2.75, 3.05) is 18.5 Å². The summed E-state index contributed by atoms with van der Waals surface area (Å²) in [5, 5.41) is 19.6. The molecule has 33 heavy (non-hydrogen) atoms. The Morgan fingerprint density at radius 2 is 1.88 bits per heavy atom. The molecule has 3 N–H and O–H groups in total. The zero-order valence-corrected chi connectivity index (χ0v) is 17.3. The van der Waals surface area contributed by atoms with Gasteiger partial charge < -0.3 is 10.4 Å². The number of imidazole rings is 1. The van der Waals surface area contributed by atoms with Gasteiger partial charge in [-0.3, -0.25) is 9.50 Å². The molecule has 10 heteroatoms. The van der Waals surface area contributed by atoms with Crippen molar-refractivity contribution in [2.24, 2.45) is 0 Å². The number of hydrogen-bond donors (Lipinski definition) is 3. The van der Waals surface area contributed by atoms with Gasteiger partial charge in [-0.2, -0.15) is 18.3 Å². The van der Waals surface area contributed by atoms with E-state index < -0.39 is 11.7 Å². The molecule has 3 aromatic heterocycles. The average molecular weight is 452 g/mol. The fourth-order valence-electron chi connectivity index (χ4n) is 3.72. The maximum Gasteiger partial charge on any atom is 0.416 e. The molecule has 0 saturated heterocycles. The third-order valence-electron chi connectivity index (χ3n) is 5.30. The standard InChI is InChI=1S/C23H19F3N6O/c24-23(25,26)15-7-8-19-17(11-15)29-21(27-9-4-10-33)22-28-13-20(32(19)22)18-12-16(30-31-18)14-5-2-1-3-6-14/h1-3,5-8,11-13,33H,4,9-10H2,(H,27,29)(H,30,31). The number of aromatic nitrogens is 5. The Hall–Kier alpha value is -3.92. The number of hydrogen-bond acceptors (Lipinski definition) is 5. The molecule has 0 aliphatic rings. The fraction of sp³-hybridized carbons (Fsp3) is 0.174. The Balaban J connectivity index is 1.69. The van der Waals surface area contributed by atoms with Gasteiger partial charge in [-0.05, 0) is 30.7 Å². The van der Waals surface area contributed by atoms with Gasteiger partial charge in [0.1, 0.15) is 0 Å². The van der Waals surface area contributed by atoms with E-state index in [4.69, 9.17) is 5.11 Å². The Bertz CT molecular complexity index is 1430. The number of halogens is 3. The van der Waals surface area contributed by atoms with Crippen LogP contribution in [0.2, 0.25) is 0 Å². The van der Waals surface area contributed by atoms with E-state index in [0.717, 1.165) is 23.4 Å². The zero-order valence-electron chi connectivity index (χ0n) is 17.3. The van der Waals surface area contributed by atoms with Gasteiger partial charge in [0.2, 0.25) is 0 Å². The first-order chi connectivity index (χ1) is 16.0. The summed E-state index contributed by atoms with van der Waals surface area (Å²) in [6.07, 6.45) is -2.39. The SMILES string of the molecule is OCCCNc1nc2cc(C(F)(F)F)ccc2n2c(-c3cc(-c4ccccc4)n[nH]3)cnc12. The van der Waals surface area contributed by atoms with Gasteiger partial charge in [-0.15, -0.1) is 0 Å². The van der Waals surface area contributed by atoms with Gasteiger partial charge in [0.25, 0.3) is 0 Å². The average Bonchev–Trinajstić information content (AvgIpc) is 3.46. The predicted octanol–water partition coefficient (Wildman–Crippen LogP) is 4.75. The summed E-state index contributed by atoms with van der Waals surface area (Å²) in [6, 6.07) is 15.0. The molecule has 0 spiro atoms. The maximum absolute atomic E-state index is 13.3. The molecule has 0 bridgehead atoms. The number of benzene rings is 2. The number of aliphatic hydroxyl groups is 1. The largest absolute Gasteiger partial charge is 0.416 e. The topological polar surface area (TPSA) is 91.1 Å². The number of fused-ring (bicyclic) bond motifs is 3. The molecular formula is C23H19F3N6O. The summed E-state index contributed by atoms with van der Waals surface area (Å²) in [5.74, 6) is 0.337. The number of nitrogens with one attached hydrogen (secondary N) is 2. The highest BCUT2D eigenvalue weighted by molar-refractivity contribution is 5.86. The second-order valence-electron chi connectivity index (χ2n) is 7.50. The summed E-state index contributed by atoms with van der Waals surface area (Å²) in [7, 11) is 0. The van der Waals surface area contributed by atoms with Crippen molar-refractivity contribution in [3.63, 3.8) is 0 Å². The quantitative estimate of drug-likeness (QED) is 0.324. The van der Waals surface area contributed by atoms with E-state index in [0.29, 0.717) is 41.3 Å². The van der Waals surface area contributed by atoms with Crippen molar-refractivity contribution in [1.82, 2.24) is 24.6 Å². The van der Waals surface area contributed by atoms with Crippen LogP contribution in [0.3, 0.4) is 0 Å². The number of anilines is 1. The Kier molecular flexibility index (Phi) is 5.21. The number of nitrogens with zero attached hydrogens (tertiary/aromatic N) is 4. The third kappa shape index (κ3) is 3.89. The summed E-state index contributed by atoms with van der Waals surface area (Å²) < 4.78 is 41.7. The molecule has 0 aliphatic carbocycles. The van der Waals surface area contributed by atoms with Crippen molar-refractivity contribution in [3.05, 3.63) is 66.4 Å². The molecule has 5 aromatic rings. The van der Waals surface area contributed by atoms with Crippen LogP contribution in [0.5, 0.6) is 0 Å². The van der Waals surface area contributed by atoms with E-state index in [1.807, 2.05) is 36.4 Å². The first-order valence-corrected chi connectivity index (χ1v) is 10.3. The molecule has 168 valence electrons. The third-order valence-corrected chi connectivity index (χ3v) is 5.30. The second-order valence-corrected chi connectivity index (χ2v) is 7.50. The molecule has 0 radical (unpaired) electrons. The lowest BCUT2D eigenvalue weighted by Gasteiger charge is -2.13. The molecule has 2 aromatic carbocycles. The van der Waals surface area contributed by atoms with Crippen molar-refractivity contribution in [1.29, 1.82) is 0 Å². The molecular weight excluding hydrogens is 433 g/mol. The van der Waals surface area contributed by atoms with E-state index in [2.05, 4.69) is 25.5 Å². The molecule has 0 saturated carbocycles. The van der Waals surface area contributed by atoms with Crippen molar-refractivity contribution >= 4 is 22.5 Å². The second kappa shape index (κ2) is 8.21. The van der Waals surface area contributed by atoms with E-state index in [-0.39, 0.29) is 12.1 Å². The minimum absolute atomic E-state index is 0.0226. The summed E-state index contributed by atoms with van der Waals surface area (Å²) in [4.78, 5) is 8.89.